The predicted molar refractivity (Wildman–Crippen MR) is 90.6 cm³/mol. The van der Waals surface area contributed by atoms with Gasteiger partial charge in [-0.15, -0.1) is 0 Å². The van der Waals surface area contributed by atoms with Crippen LogP contribution < -0.4 is 0 Å². The van der Waals surface area contributed by atoms with Gasteiger partial charge in [0.2, 0.25) is 5.78 Å². The van der Waals surface area contributed by atoms with Crippen LogP contribution in [0.25, 0.3) is 10.9 Å². The van der Waals surface area contributed by atoms with Crippen LogP contribution in [0.15, 0.2) is 60.8 Å². The second kappa shape index (κ2) is 5.96. The Kier molecular flexibility index (Phi) is 3.65. The molecule has 4 nitrogen and oxygen atoms in total. The molecule has 1 heterocycles. The van der Waals surface area contributed by atoms with Gasteiger partial charge in [-0.25, -0.2) is 0 Å². The van der Waals surface area contributed by atoms with Gasteiger partial charge in [0.1, 0.15) is 0 Å². The number of aromatic amines is 1. The Morgan fingerprint density at radius 3 is 2.46 bits per heavy atom. The number of esters is 1. The maximum absolute atomic E-state index is 13.1. The summed E-state index contributed by atoms with van der Waals surface area (Å²) < 4.78 is 5.59. The predicted octanol–water partition coefficient (Wildman–Crippen LogP) is 4.05. The van der Waals surface area contributed by atoms with E-state index in [-0.39, 0.29) is 17.7 Å². The molecule has 0 spiro atoms. The number of rotatable bonds is 5. The molecular weight excluding hydrogens is 302 g/mol. The van der Waals surface area contributed by atoms with Crippen molar-refractivity contribution < 1.29 is 14.3 Å². The maximum Gasteiger partial charge on any atom is 0.310 e. The number of Topliss-reactive ketones (excluding diaryl/α,β-unsaturated/α-hetero) is 1. The smallest absolute Gasteiger partial charge is 0.310 e. The van der Waals surface area contributed by atoms with Crippen LogP contribution in [0.3, 0.4) is 0 Å². The molecule has 0 aliphatic heterocycles. The zero-order valence-electron chi connectivity index (χ0n) is 13.1. The van der Waals surface area contributed by atoms with Crippen LogP contribution in [0.4, 0.5) is 0 Å². The highest BCUT2D eigenvalue weighted by atomic mass is 16.5. The highest BCUT2D eigenvalue weighted by Gasteiger charge is 2.36. The Hall–Kier alpha value is -2.88. The molecule has 2 aromatic carbocycles. The summed E-state index contributed by atoms with van der Waals surface area (Å²) in [6.45, 7) is 0. The third kappa shape index (κ3) is 2.71. The zero-order valence-corrected chi connectivity index (χ0v) is 13.1. The number of hydrogen-bond donors (Lipinski definition) is 1. The van der Waals surface area contributed by atoms with E-state index < -0.39 is 6.10 Å². The summed E-state index contributed by atoms with van der Waals surface area (Å²) in [4.78, 5) is 28.3. The van der Waals surface area contributed by atoms with Gasteiger partial charge in [-0.1, -0.05) is 48.5 Å². The van der Waals surface area contributed by atoms with Crippen LogP contribution in [0, 0.1) is 5.92 Å². The van der Waals surface area contributed by atoms with Crippen LogP contribution >= 0.6 is 0 Å². The van der Waals surface area contributed by atoms with Crippen molar-refractivity contribution in [2.75, 3.05) is 0 Å². The number of para-hydroxylation sites is 1. The second-order valence-corrected chi connectivity index (χ2v) is 6.11. The van der Waals surface area contributed by atoms with Gasteiger partial charge < -0.3 is 9.72 Å². The number of ketones is 1. The lowest BCUT2D eigenvalue weighted by Crippen LogP contribution is -2.21. The fourth-order valence-electron chi connectivity index (χ4n) is 2.85. The largest absolute Gasteiger partial charge is 0.449 e. The number of carbonyl (C=O) groups is 2. The highest BCUT2D eigenvalue weighted by Crippen LogP contribution is 2.34. The van der Waals surface area contributed by atoms with Crippen molar-refractivity contribution in [2.24, 2.45) is 5.92 Å². The van der Waals surface area contributed by atoms with Gasteiger partial charge in [-0.05, 0) is 18.9 Å². The average molecular weight is 319 g/mol. The van der Waals surface area contributed by atoms with Crippen LogP contribution in [0.1, 0.15) is 34.9 Å². The fraction of sp³-hybridized carbons (Fsp3) is 0.200. The van der Waals surface area contributed by atoms with E-state index in [0.717, 1.165) is 23.7 Å². The molecule has 1 fully saturated rings. The molecule has 1 atom stereocenters. The summed E-state index contributed by atoms with van der Waals surface area (Å²) >= 11 is 0. The summed E-state index contributed by atoms with van der Waals surface area (Å²) in [5, 5.41) is 0.839. The Morgan fingerprint density at radius 1 is 1.00 bits per heavy atom. The van der Waals surface area contributed by atoms with E-state index in [2.05, 4.69) is 4.98 Å². The quantitative estimate of drug-likeness (QED) is 0.570. The maximum atomic E-state index is 13.1. The molecule has 0 radical (unpaired) electrons. The first kappa shape index (κ1) is 14.7. The van der Waals surface area contributed by atoms with Crippen molar-refractivity contribution >= 4 is 22.7 Å². The molecule has 0 bridgehead atoms. The highest BCUT2D eigenvalue weighted by molar-refractivity contribution is 6.10. The molecule has 1 aliphatic carbocycles. The van der Waals surface area contributed by atoms with Crippen molar-refractivity contribution in [3.05, 3.63) is 71.9 Å². The Balaban J connectivity index is 1.71. The number of benzene rings is 2. The van der Waals surface area contributed by atoms with Gasteiger partial charge in [0.25, 0.3) is 0 Å². The Morgan fingerprint density at radius 2 is 1.71 bits per heavy atom. The van der Waals surface area contributed by atoms with E-state index in [0.29, 0.717) is 11.1 Å². The zero-order chi connectivity index (χ0) is 16.5. The first-order valence-corrected chi connectivity index (χ1v) is 8.10. The lowest BCUT2D eigenvalue weighted by atomic mass is 9.99. The molecule has 3 aromatic rings. The van der Waals surface area contributed by atoms with Crippen molar-refractivity contribution in [3.63, 3.8) is 0 Å². The fourth-order valence-corrected chi connectivity index (χ4v) is 2.85. The minimum Gasteiger partial charge on any atom is -0.449 e. The van der Waals surface area contributed by atoms with E-state index in [1.165, 1.54) is 0 Å². The number of carbonyl (C=O) groups excluding carboxylic acids is 2. The summed E-state index contributed by atoms with van der Waals surface area (Å²) in [5.74, 6) is -0.531. The molecule has 4 rings (SSSR count). The third-order valence-corrected chi connectivity index (χ3v) is 4.34. The van der Waals surface area contributed by atoms with E-state index in [1.807, 2.05) is 54.6 Å². The topological polar surface area (TPSA) is 59.2 Å². The van der Waals surface area contributed by atoms with Crippen molar-refractivity contribution in [1.29, 1.82) is 0 Å². The molecule has 4 heteroatoms. The van der Waals surface area contributed by atoms with Gasteiger partial charge in [0, 0.05) is 28.2 Å². The number of fused-ring (bicyclic) bond motifs is 1. The molecule has 1 N–H and O–H groups in total. The molecule has 1 saturated carbocycles. The van der Waals surface area contributed by atoms with Crippen molar-refractivity contribution in [1.82, 2.24) is 4.98 Å². The first-order valence-electron chi connectivity index (χ1n) is 8.10. The molecule has 1 unspecified atom stereocenters. The number of H-pyrrole nitrogens is 1. The van der Waals surface area contributed by atoms with E-state index in [4.69, 9.17) is 4.74 Å². The lowest BCUT2D eigenvalue weighted by Gasteiger charge is -2.17. The van der Waals surface area contributed by atoms with Crippen molar-refractivity contribution in [3.8, 4) is 0 Å². The minimum atomic E-state index is -0.904. The summed E-state index contributed by atoms with van der Waals surface area (Å²) in [5.41, 5.74) is 2.13. The van der Waals surface area contributed by atoms with Gasteiger partial charge in [-0.3, -0.25) is 9.59 Å². The molecule has 0 saturated heterocycles. The van der Waals surface area contributed by atoms with Gasteiger partial charge in [-0.2, -0.15) is 0 Å². The Bertz CT molecular complexity index is 893. The molecule has 1 aliphatic rings. The average Bonchev–Trinajstić information content (AvgIpc) is 3.39. The SMILES string of the molecule is O=C(OC(C(=O)c1c[nH]c2ccccc12)c1ccccc1)C1CC1. The molecular formula is C20H17NO3. The monoisotopic (exact) mass is 319 g/mol. The lowest BCUT2D eigenvalue weighted by molar-refractivity contribution is -0.148. The first-order chi connectivity index (χ1) is 11.7. The van der Waals surface area contributed by atoms with Crippen LogP contribution in [-0.4, -0.2) is 16.7 Å². The van der Waals surface area contributed by atoms with Gasteiger partial charge in [0.05, 0.1) is 5.92 Å². The molecule has 1 aromatic heterocycles. The minimum absolute atomic E-state index is 0.0491. The third-order valence-electron chi connectivity index (χ3n) is 4.34. The van der Waals surface area contributed by atoms with Crippen molar-refractivity contribution in [2.45, 2.75) is 18.9 Å². The number of hydrogen-bond acceptors (Lipinski definition) is 3. The summed E-state index contributed by atoms with van der Waals surface area (Å²) in [6.07, 6.45) is 2.48. The normalized spacial score (nSPS) is 15.2. The van der Waals surface area contributed by atoms with Gasteiger partial charge in [0.15, 0.2) is 6.10 Å². The molecule has 0 amide bonds. The number of ether oxygens (including phenoxy) is 1. The van der Waals surface area contributed by atoms with Crippen LogP contribution in [-0.2, 0) is 9.53 Å². The van der Waals surface area contributed by atoms with Gasteiger partial charge >= 0.3 is 5.97 Å². The summed E-state index contributed by atoms with van der Waals surface area (Å²) in [7, 11) is 0. The molecule has 24 heavy (non-hydrogen) atoms. The van der Waals surface area contributed by atoms with Crippen LogP contribution in [0.2, 0.25) is 0 Å². The van der Waals surface area contributed by atoms with E-state index >= 15 is 0 Å². The standard InChI is InChI=1S/C20H17NO3/c22-18(16-12-21-17-9-5-4-8-15(16)17)19(13-6-2-1-3-7-13)24-20(23)14-10-11-14/h1-9,12,14,19,21H,10-11H2. The molecule has 120 valence electrons. The van der Waals surface area contributed by atoms with E-state index in [9.17, 15) is 9.59 Å². The van der Waals surface area contributed by atoms with E-state index in [1.54, 1.807) is 6.20 Å². The van der Waals surface area contributed by atoms with Crippen LogP contribution in [0.5, 0.6) is 0 Å². The number of aromatic nitrogens is 1. The number of nitrogens with one attached hydrogen (secondary N) is 1. The second-order valence-electron chi connectivity index (χ2n) is 6.11. The summed E-state index contributed by atoms with van der Waals surface area (Å²) in [6, 6.07) is 16.8. The Labute approximate surface area is 139 Å².